The molecule has 0 atom stereocenters. The molecule has 2 rings (SSSR count). The molecule has 21 heavy (non-hydrogen) atoms. The second kappa shape index (κ2) is 8.37. The van der Waals surface area contributed by atoms with Gasteiger partial charge in [0.15, 0.2) is 0 Å². The smallest absolute Gasteiger partial charge is 0.132 e. The Labute approximate surface area is 158 Å². The Morgan fingerprint density at radius 1 is 1.48 bits per heavy atom. The second-order valence-corrected chi connectivity index (χ2v) is 5.38. The molecule has 1 radical (unpaired) electrons. The van der Waals surface area contributed by atoms with Crippen LogP contribution in [0.5, 0.6) is 5.75 Å². The van der Waals surface area contributed by atoms with E-state index in [-0.39, 0.29) is 38.5 Å². The van der Waals surface area contributed by atoms with Crippen LogP contribution in [-0.2, 0) is 32.7 Å². The van der Waals surface area contributed by atoms with Gasteiger partial charge >= 0.3 is 0 Å². The van der Waals surface area contributed by atoms with Gasteiger partial charge in [-0.05, 0) is 34.7 Å². The van der Waals surface area contributed by atoms with E-state index in [1.165, 1.54) is 17.8 Å². The molecule has 2 nitrogen and oxygen atoms in total. The minimum Gasteiger partial charge on any atom is -0.495 e. The summed E-state index contributed by atoms with van der Waals surface area (Å²) < 4.78 is 19.8. The van der Waals surface area contributed by atoms with Gasteiger partial charge in [-0.2, -0.15) is 23.8 Å². The Bertz CT molecular complexity index is 603. The molecule has 0 unspecified atom stereocenters. The molecule has 0 fully saturated rings. The van der Waals surface area contributed by atoms with Crippen LogP contribution in [0.3, 0.4) is 0 Å². The Morgan fingerprint density at radius 2 is 2.19 bits per heavy atom. The van der Waals surface area contributed by atoms with Gasteiger partial charge in [0.1, 0.15) is 5.94 Å². The van der Waals surface area contributed by atoms with Gasteiger partial charge in [-0.1, -0.05) is 18.3 Å². The average Bonchev–Trinajstić information content (AvgIpc) is 2.44. The summed E-state index contributed by atoms with van der Waals surface area (Å²) in [6.45, 7) is 3.87. The Balaban J connectivity index is 0.00000220. The summed E-state index contributed by atoms with van der Waals surface area (Å²) in [4.78, 5) is 1.70. The van der Waals surface area contributed by atoms with Crippen molar-refractivity contribution in [3.63, 3.8) is 0 Å². The van der Waals surface area contributed by atoms with Crippen LogP contribution in [-0.4, -0.2) is 24.1 Å². The van der Waals surface area contributed by atoms with Crippen molar-refractivity contribution < 1.29 is 41.8 Å². The zero-order chi connectivity index (χ0) is 14.7. The number of rotatable bonds is 4. The molecule has 0 bridgehead atoms. The number of nitrogens with zero attached hydrogens (tertiary/aromatic N) is 1. The Morgan fingerprint density at radius 3 is 2.86 bits per heavy atom. The van der Waals surface area contributed by atoms with E-state index in [0.717, 1.165) is 0 Å². The van der Waals surface area contributed by atoms with Gasteiger partial charge < -0.3 is 9.64 Å². The van der Waals surface area contributed by atoms with Crippen molar-refractivity contribution in [2.45, 2.75) is 0 Å². The first-order valence-corrected chi connectivity index (χ1v) is 7.66. The monoisotopic (exact) mass is 399 g/mol. The summed E-state index contributed by atoms with van der Waals surface area (Å²) in [6.07, 6.45) is 6.49. The molecule has 0 N–H and O–H groups in total. The fourth-order valence-electron chi connectivity index (χ4n) is 1.82. The van der Waals surface area contributed by atoms with E-state index in [2.05, 4.69) is 12.7 Å². The van der Waals surface area contributed by atoms with Gasteiger partial charge in [0.25, 0.3) is 0 Å². The maximum Gasteiger partial charge on any atom is 0.132 e. The summed E-state index contributed by atoms with van der Waals surface area (Å²) in [7, 11) is 1.77. The summed E-state index contributed by atoms with van der Waals surface area (Å²) in [6, 6.07) is 4.75. The first-order chi connectivity index (χ1) is 9.56. The molecule has 1 aromatic rings. The molecule has 1 aliphatic heterocycles. The summed E-state index contributed by atoms with van der Waals surface area (Å²) >= 11 is 7.51. The van der Waals surface area contributed by atoms with E-state index in [1.54, 1.807) is 30.2 Å². The normalized spacial score (nSPS) is 14.3. The number of thioether (sulfide) groups is 1. The predicted octanol–water partition coefficient (Wildman–Crippen LogP) is 4.25. The third kappa shape index (κ3) is 4.13. The van der Waals surface area contributed by atoms with Crippen LogP contribution in [0.1, 0.15) is 5.56 Å². The van der Waals surface area contributed by atoms with Gasteiger partial charge in [0, 0.05) is 39.8 Å². The van der Waals surface area contributed by atoms with Crippen molar-refractivity contribution in [1.29, 1.82) is 0 Å². The van der Waals surface area contributed by atoms with Crippen molar-refractivity contribution in [1.82, 2.24) is 4.90 Å². The fraction of sp³-hybridized carbons (Fsp3) is 0.200. The van der Waals surface area contributed by atoms with Crippen LogP contribution in [0.2, 0.25) is 0 Å². The van der Waals surface area contributed by atoms with Gasteiger partial charge in [-0.3, -0.25) is 0 Å². The summed E-state index contributed by atoms with van der Waals surface area (Å²) in [5.41, 5.74) is 1.51. The van der Waals surface area contributed by atoms with Crippen molar-refractivity contribution >= 4 is 29.1 Å². The SMILES string of the molecule is C=C1C(Cl)=C[C-]=C(c2c(F)cccc2OCSC)N1C.[Y]. The number of hydrogen-bond donors (Lipinski definition) is 0. The third-order valence-corrected chi connectivity index (χ3v) is 3.58. The van der Waals surface area contributed by atoms with Gasteiger partial charge in [0.05, 0.1) is 11.6 Å². The number of halogens is 2. The van der Waals surface area contributed by atoms with Crippen LogP contribution in [0.25, 0.3) is 5.70 Å². The van der Waals surface area contributed by atoms with Gasteiger partial charge in [-0.15, -0.1) is 11.8 Å². The molecule has 1 aromatic carbocycles. The number of ether oxygens (including phenoxy) is 1. The molecule has 0 aliphatic carbocycles. The van der Waals surface area contributed by atoms with Crippen LogP contribution in [0, 0.1) is 11.9 Å². The van der Waals surface area contributed by atoms with E-state index in [4.69, 9.17) is 16.3 Å². The molecular weight excluding hydrogens is 386 g/mol. The zero-order valence-electron chi connectivity index (χ0n) is 11.8. The van der Waals surface area contributed by atoms with Gasteiger partial charge in [-0.25, -0.2) is 4.39 Å². The van der Waals surface area contributed by atoms with E-state index in [1.807, 2.05) is 6.26 Å². The molecule has 1 heterocycles. The fourth-order valence-corrected chi connectivity index (χ4v) is 2.25. The number of likely N-dealkylation sites (N-methyl/N-ethyl adjacent to an activating group) is 1. The van der Waals surface area contributed by atoms with Crippen LogP contribution in [0.4, 0.5) is 4.39 Å². The first-order valence-electron chi connectivity index (χ1n) is 5.89. The van der Waals surface area contributed by atoms with E-state index in [0.29, 0.717) is 33.7 Å². The van der Waals surface area contributed by atoms with Gasteiger partial charge in [0.2, 0.25) is 0 Å². The molecule has 0 saturated carbocycles. The minimum atomic E-state index is -0.364. The molecule has 0 saturated heterocycles. The zero-order valence-corrected chi connectivity index (χ0v) is 16.2. The van der Waals surface area contributed by atoms with Crippen LogP contribution in [0.15, 0.2) is 41.6 Å². The summed E-state index contributed by atoms with van der Waals surface area (Å²) in [5, 5.41) is 0.485. The van der Waals surface area contributed by atoms with Crippen LogP contribution < -0.4 is 4.74 Å². The first kappa shape index (κ1) is 18.8. The summed E-state index contributed by atoms with van der Waals surface area (Å²) in [5.74, 6) is 0.565. The van der Waals surface area contributed by atoms with Crippen LogP contribution >= 0.6 is 23.4 Å². The molecule has 0 spiro atoms. The molecule has 109 valence electrons. The third-order valence-electron chi connectivity index (χ3n) is 2.90. The molecular formula is C15H14ClFNOSY-. The Hall–Kier alpha value is -0.286. The molecule has 1 aliphatic rings. The van der Waals surface area contributed by atoms with E-state index >= 15 is 0 Å². The maximum atomic E-state index is 14.2. The van der Waals surface area contributed by atoms with Crippen molar-refractivity contribution in [2.24, 2.45) is 0 Å². The molecule has 6 heteroatoms. The van der Waals surface area contributed by atoms with E-state index in [9.17, 15) is 4.39 Å². The van der Waals surface area contributed by atoms with Crippen molar-refractivity contribution in [2.75, 3.05) is 19.2 Å². The number of benzene rings is 1. The number of allylic oxidation sites excluding steroid dienone is 3. The Kier molecular flexibility index (Phi) is 7.48. The largest absolute Gasteiger partial charge is 0.495 e. The maximum absolute atomic E-state index is 14.2. The molecule has 0 aromatic heterocycles. The quantitative estimate of drug-likeness (QED) is 0.555. The van der Waals surface area contributed by atoms with Crippen molar-refractivity contribution in [3.8, 4) is 5.75 Å². The predicted molar refractivity (Wildman–Crippen MR) is 82.9 cm³/mol. The topological polar surface area (TPSA) is 12.5 Å². The number of hydrogen-bond acceptors (Lipinski definition) is 3. The van der Waals surface area contributed by atoms with Crippen molar-refractivity contribution in [3.05, 3.63) is 59.0 Å². The molecule has 0 amide bonds. The average molecular weight is 400 g/mol. The minimum absolute atomic E-state index is 0. The standard InChI is InChI=1S/C15H14ClFNOS.Y/c1-10-11(16)7-8-13(18(10)2)15-12(17)5-4-6-14(15)19-9-20-3;/h4-7H,1,9H2,2-3H3;/q-1;. The van der Waals surface area contributed by atoms with E-state index < -0.39 is 0 Å². The second-order valence-electron chi connectivity index (χ2n) is 4.15.